The van der Waals surface area contributed by atoms with E-state index < -0.39 is 11.6 Å². The predicted molar refractivity (Wildman–Crippen MR) is 70.2 cm³/mol. The van der Waals surface area contributed by atoms with Crippen LogP contribution in [-0.2, 0) is 5.33 Å². The Balaban J connectivity index is 2.39. The quantitative estimate of drug-likeness (QED) is 0.598. The van der Waals surface area contributed by atoms with Crippen molar-refractivity contribution in [3.63, 3.8) is 0 Å². The fourth-order valence-electron chi connectivity index (χ4n) is 2.27. The minimum absolute atomic E-state index is 0.410. The van der Waals surface area contributed by atoms with Crippen molar-refractivity contribution in [2.75, 3.05) is 0 Å². The van der Waals surface area contributed by atoms with Gasteiger partial charge in [0.2, 0.25) is 11.6 Å². The van der Waals surface area contributed by atoms with E-state index in [0.29, 0.717) is 33.5 Å². The lowest BCUT2D eigenvalue weighted by atomic mass is 9.87. The third-order valence-electron chi connectivity index (χ3n) is 3.22. The lowest BCUT2D eigenvalue weighted by Gasteiger charge is -2.12. The number of alkyl halides is 1. The van der Waals surface area contributed by atoms with E-state index in [1.165, 1.54) is 0 Å². The number of carbonyl (C=O) groups excluding carboxylic acids is 2. The first-order chi connectivity index (χ1) is 8.65. The summed E-state index contributed by atoms with van der Waals surface area (Å²) in [6, 6.07) is 7.04. The summed E-state index contributed by atoms with van der Waals surface area (Å²) in [5.41, 5.74) is 2.28. The second-order valence-electron chi connectivity index (χ2n) is 4.19. The van der Waals surface area contributed by atoms with Crippen LogP contribution < -0.4 is 0 Å². The summed E-state index contributed by atoms with van der Waals surface area (Å²) in [4.78, 5) is 24.1. The van der Waals surface area contributed by atoms with Crippen LogP contribution in [0.4, 0.5) is 0 Å². The number of ketones is 2. The van der Waals surface area contributed by atoms with Crippen molar-refractivity contribution in [1.29, 1.82) is 0 Å². The van der Waals surface area contributed by atoms with Crippen molar-refractivity contribution in [2.24, 2.45) is 0 Å². The molecule has 0 N–H and O–H groups in total. The van der Waals surface area contributed by atoms with Crippen LogP contribution in [0.15, 0.2) is 28.7 Å². The van der Waals surface area contributed by atoms with Gasteiger partial charge in [0.1, 0.15) is 11.5 Å². The van der Waals surface area contributed by atoms with Gasteiger partial charge in [-0.1, -0.05) is 40.2 Å². The van der Waals surface area contributed by atoms with Gasteiger partial charge in [-0.05, 0) is 6.92 Å². The van der Waals surface area contributed by atoms with Crippen LogP contribution in [0.1, 0.15) is 32.0 Å². The molecule has 0 radical (unpaired) electrons. The van der Waals surface area contributed by atoms with Gasteiger partial charge in [0.25, 0.3) is 0 Å². The van der Waals surface area contributed by atoms with Gasteiger partial charge in [-0.2, -0.15) is 0 Å². The number of carbonyl (C=O) groups is 2. The van der Waals surface area contributed by atoms with Crippen molar-refractivity contribution < 1.29 is 14.0 Å². The van der Waals surface area contributed by atoms with Crippen LogP contribution in [0.25, 0.3) is 11.3 Å². The molecule has 3 rings (SSSR count). The summed E-state index contributed by atoms with van der Waals surface area (Å²) in [7, 11) is 0. The molecule has 0 atom stereocenters. The van der Waals surface area contributed by atoms with E-state index in [0.717, 1.165) is 5.56 Å². The Morgan fingerprint density at radius 1 is 1.11 bits per heavy atom. The molecule has 1 heterocycles. The first-order valence-corrected chi connectivity index (χ1v) is 6.64. The van der Waals surface area contributed by atoms with Crippen molar-refractivity contribution in [3.8, 4) is 11.3 Å². The molecule has 0 fully saturated rings. The fourth-order valence-corrected chi connectivity index (χ4v) is 2.80. The standard InChI is InChI=1S/C14H9BrO3/c1-7-10(6-15)18-14-9-5-3-2-4-8(9)12(16)13(17)11(7)14/h2-5H,6H2,1H3. The molecule has 0 saturated heterocycles. The van der Waals surface area contributed by atoms with Crippen LogP contribution in [0.3, 0.4) is 0 Å². The molecule has 0 unspecified atom stereocenters. The minimum atomic E-state index is -0.475. The fraction of sp³-hybridized carbons (Fsp3) is 0.143. The summed E-state index contributed by atoms with van der Waals surface area (Å²) in [6.07, 6.45) is 0. The van der Waals surface area contributed by atoms with Gasteiger partial charge in [0, 0.05) is 16.7 Å². The zero-order valence-electron chi connectivity index (χ0n) is 9.62. The summed E-state index contributed by atoms with van der Waals surface area (Å²) in [5.74, 6) is 0.278. The monoisotopic (exact) mass is 304 g/mol. The number of Topliss-reactive ketones (excluding diaryl/α,β-unsaturated/α-hetero) is 2. The van der Waals surface area contributed by atoms with Crippen LogP contribution in [0.5, 0.6) is 0 Å². The van der Waals surface area contributed by atoms with E-state index in [2.05, 4.69) is 15.9 Å². The number of rotatable bonds is 1. The Morgan fingerprint density at radius 2 is 1.78 bits per heavy atom. The van der Waals surface area contributed by atoms with Gasteiger partial charge in [-0.15, -0.1) is 0 Å². The summed E-state index contributed by atoms with van der Waals surface area (Å²) >= 11 is 3.32. The maximum Gasteiger partial charge on any atom is 0.237 e. The molecule has 1 aliphatic carbocycles. The van der Waals surface area contributed by atoms with Crippen molar-refractivity contribution in [3.05, 3.63) is 46.7 Å². The molecule has 3 nitrogen and oxygen atoms in total. The third kappa shape index (κ3) is 1.35. The SMILES string of the molecule is Cc1c(CBr)oc2c1C(=O)C(=O)c1ccccc1-2. The normalized spacial score (nSPS) is 13.4. The number of hydrogen-bond acceptors (Lipinski definition) is 3. The maximum absolute atomic E-state index is 12.1. The molecule has 0 aliphatic heterocycles. The summed E-state index contributed by atoms with van der Waals surface area (Å²) < 4.78 is 5.71. The topological polar surface area (TPSA) is 47.3 Å². The molecule has 4 heteroatoms. The molecule has 0 spiro atoms. The molecule has 1 aliphatic rings. The lowest BCUT2D eigenvalue weighted by molar-refractivity contribution is 0.0814. The first-order valence-electron chi connectivity index (χ1n) is 5.51. The molecular formula is C14H9BrO3. The Morgan fingerprint density at radius 3 is 2.44 bits per heavy atom. The van der Waals surface area contributed by atoms with Gasteiger partial charge in [0.05, 0.1) is 10.9 Å². The Hall–Kier alpha value is -1.68. The highest BCUT2D eigenvalue weighted by molar-refractivity contribution is 9.08. The molecule has 0 bridgehead atoms. The second kappa shape index (κ2) is 3.92. The Labute approximate surface area is 112 Å². The van der Waals surface area contributed by atoms with Crippen LogP contribution >= 0.6 is 15.9 Å². The first kappa shape index (κ1) is 11.4. The van der Waals surface area contributed by atoms with E-state index in [-0.39, 0.29) is 0 Å². The zero-order valence-corrected chi connectivity index (χ0v) is 11.2. The van der Waals surface area contributed by atoms with E-state index in [9.17, 15) is 9.59 Å². The van der Waals surface area contributed by atoms with Crippen LogP contribution in [-0.4, -0.2) is 11.6 Å². The molecular weight excluding hydrogens is 296 g/mol. The highest BCUT2D eigenvalue weighted by atomic mass is 79.9. The largest absolute Gasteiger partial charge is 0.459 e. The minimum Gasteiger partial charge on any atom is -0.459 e. The van der Waals surface area contributed by atoms with E-state index >= 15 is 0 Å². The third-order valence-corrected chi connectivity index (χ3v) is 3.73. The van der Waals surface area contributed by atoms with Gasteiger partial charge >= 0.3 is 0 Å². The number of benzene rings is 1. The van der Waals surface area contributed by atoms with E-state index in [4.69, 9.17) is 4.42 Å². The van der Waals surface area contributed by atoms with Gasteiger partial charge in [-0.3, -0.25) is 9.59 Å². The van der Waals surface area contributed by atoms with E-state index in [1.807, 2.05) is 6.07 Å². The van der Waals surface area contributed by atoms with Crippen LogP contribution in [0.2, 0.25) is 0 Å². The number of fused-ring (bicyclic) bond motifs is 3. The highest BCUT2D eigenvalue weighted by Gasteiger charge is 2.35. The second-order valence-corrected chi connectivity index (χ2v) is 4.75. The van der Waals surface area contributed by atoms with Gasteiger partial charge < -0.3 is 4.42 Å². The van der Waals surface area contributed by atoms with Crippen LogP contribution in [0, 0.1) is 6.92 Å². The molecule has 18 heavy (non-hydrogen) atoms. The molecule has 0 saturated carbocycles. The Kier molecular flexibility index (Phi) is 2.48. The average molecular weight is 305 g/mol. The van der Waals surface area contributed by atoms with E-state index in [1.54, 1.807) is 25.1 Å². The molecule has 90 valence electrons. The predicted octanol–water partition coefficient (Wildman–Crippen LogP) is 3.53. The van der Waals surface area contributed by atoms with Gasteiger partial charge in [-0.25, -0.2) is 0 Å². The van der Waals surface area contributed by atoms with Crippen molar-refractivity contribution in [2.45, 2.75) is 12.3 Å². The Bertz CT molecular complexity index is 682. The van der Waals surface area contributed by atoms with Gasteiger partial charge in [0.15, 0.2) is 0 Å². The lowest BCUT2D eigenvalue weighted by Crippen LogP contribution is -2.20. The number of hydrogen-bond donors (Lipinski definition) is 0. The summed E-state index contributed by atoms with van der Waals surface area (Å²) in [5, 5.41) is 0.523. The zero-order chi connectivity index (χ0) is 12.9. The number of halogens is 1. The summed E-state index contributed by atoms with van der Waals surface area (Å²) in [6.45, 7) is 1.80. The average Bonchev–Trinajstić information content (AvgIpc) is 2.73. The number of furan rings is 1. The molecule has 1 aromatic carbocycles. The van der Waals surface area contributed by atoms with Crippen molar-refractivity contribution >= 4 is 27.5 Å². The molecule has 0 amide bonds. The highest BCUT2D eigenvalue weighted by Crippen LogP contribution is 2.38. The van der Waals surface area contributed by atoms with Crippen molar-refractivity contribution in [1.82, 2.24) is 0 Å². The smallest absolute Gasteiger partial charge is 0.237 e. The molecule has 2 aromatic rings. The maximum atomic E-state index is 12.1. The molecule has 1 aromatic heterocycles.